The number of nitrogens with zero attached hydrogens (tertiary/aromatic N) is 4. The molecule has 0 saturated carbocycles. The van der Waals surface area contributed by atoms with E-state index in [2.05, 4.69) is 0 Å². The van der Waals surface area contributed by atoms with E-state index in [0.717, 1.165) is 72.5 Å². The molecule has 8 heteroatoms. The molecule has 3 aliphatic heterocycles. The highest BCUT2D eigenvalue weighted by atomic mass is 79.9. The Bertz CT molecular complexity index is 894. The van der Waals surface area contributed by atoms with Crippen LogP contribution < -0.4 is 34.0 Å². The average Bonchev–Trinajstić information content (AvgIpc) is 3.05. The molecule has 0 unspecified atom stereocenters. The van der Waals surface area contributed by atoms with Gasteiger partial charge < -0.3 is 52.7 Å². The molecule has 0 aliphatic carbocycles. The molecule has 3 saturated heterocycles. The summed E-state index contributed by atoms with van der Waals surface area (Å²) < 4.78 is 2.32. The van der Waals surface area contributed by atoms with E-state index in [1.807, 2.05) is 70.5 Å². The molecule has 3 heterocycles. The van der Waals surface area contributed by atoms with E-state index in [1.54, 1.807) is 0 Å². The van der Waals surface area contributed by atoms with Gasteiger partial charge in [-0.3, -0.25) is 9.59 Å². The normalized spacial score (nSPS) is 20.9. The minimum absolute atomic E-state index is 0. The highest BCUT2D eigenvalue weighted by Crippen LogP contribution is 2.24. The predicted molar refractivity (Wildman–Crippen MR) is 129 cm³/mol. The van der Waals surface area contributed by atoms with Crippen molar-refractivity contribution < 1.29 is 52.5 Å². The van der Waals surface area contributed by atoms with Crippen molar-refractivity contribution >= 4 is 11.8 Å². The van der Waals surface area contributed by atoms with Crippen LogP contribution in [0.1, 0.15) is 27.1 Å². The molecule has 2 spiro atoms. The van der Waals surface area contributed by atoms with Crippen molar-refractivity contribution in [1.29, 1.82) is 0 Å². The zero-order valence-corrected chi connectivity index (χ0v) is 23.5. The number of piperazine rings is 2. The fourth-order valence-electron chi connectivity index (χ4n) is 6.00. The topological polar surface area (TPSA) is 40.6 Å². The van der Waals surface area contributed by atoms with Crippen LogP contribution in [0.15, 0.2) is 60.7 Å². The van der Waals surface area contributed by atoms with Crippen molar-refractivity contribution in [2.24, 2.45) is 0 Å². The smallest absolute Gasteiger partial charge is 0.254 e. The third-order valence-corrected chi connectivity index (χ3v) is 8.31. The van der Waals surface area contributed by atoms with Gasteiger partial charge in [0.05, 0.1) is 65.4 Å². The zero-order chi connectivity index (χ0) is 22.7. The van der Waals surface area contributed by atoms with Gasteiger partial charge in [0.15, 0.2) is 0 Å². The van der Waals surface area contributed by atoms with E-state index in [1.165, 1.54) is 32.6 Å². The lowest BCUT2D eigenvalue weighted by atomic mass is 10.1. The van der Waals surface area contributed by atoms with Crippen molar-refractivity contribution in [2.75, 3.05) is 78.5 Å². The number of carbonyl (C=O) groups excluding carboxylic acids is 2. The van der Waals surface area contributed by atoms with Crippen LogP contribution in [0.25, 0.3) is 0 Å². The average molecular weight is 608 g/mol. The fourth-order valence-corrected chi connectivity index (χ4v) is 6.00. The number of hydrogen-bond donors (Lipinski definition) is 0. The second-order valence-electron chi connectivity index (χ2n) is 10.1. The first kappa shape index (κ1) is 27.8. The second kappa shape index (κ2) is 12.0. The summed E-state index contributed by atoms with van der Waals surface area (Å²) >= 11 is 0. The summed E-state index contributed by atoms with van der Waals surface area (Å²) in [6, 6.07) is 19.4. The second-order valence-corrected chi connectivity index (χ2v) is 10.1. The Kier molecular flexibility index (Phi) is 9.54. The van der Waals surface area contributed by atoms with E-state index in [-0.39, 0.29) is 45.8 Å². The van der Waals surface area contributed by atoms with Gasteiger partial charge in [0.1, 0.15) is 13.1 Å². The molecule has 35 heavy (non-hydrogen) atoms. The Labute approximate surface area is 230 Å². The summed E-state index contributed by atoms with van der Waals surface area (Å²) in [4.78, 5) is 29.8. The standard InChI is InChI=1S/C27H36N4O2.2BrH/c32-26(24-8-3-1-4-9-24)28-12-18-30(19-13-28)16-7-17-31(23-22-30)20-14-29(15-21-31)27(33)25-10-5-2-6-11-25;;/h1-6,8-11H,7,12-23H2;2*1H/q+2;;/p-2. The molecule has 0 bridgehead atoms. The molecule has 3 fully saturated rings. The van der Waals surface area contributed by atoms with Gasteiger partial charge >= 0.3 is 0 Å². The van der Waals surface area contributed by atoms with E-state index < -0.39 is 0 Å². The Morgan fingerprint density at radius 1 is 0.514 bits per heavy atom. The molecule has 3 aliphatic rings. The van der Waals surface area contributed by atoms with Crippen molar-refractivity contribution in [3.63, 3.8) is 0 Å². The predicted octanol–water partition coefficient (Wildman–Crippen LogP) is -3.66. The Morgan fingerprint density at radius 2 is 0.857 bits per heavy atom. The lowest BCUT2D eigenvalue weighted by Crippen LogP contribution is -3.00. The molecule has 0 radical (unpaired) electrons. The molecule has 2 aromatic rings. The number of carbonyl (C=O) groups is 2. The molecule has 5 rings (SSSR count). The van der Waals surface area contributed by atoms with Crippen LogP contribution in [-0.2, 0) is 0 Å². The number of rotatable bonds is 2. The number of amides is 2. The van der Waals surface area contributed by atoms with Crippen LogP contribution in [0.2, 0.25) is 0 Å². The van der Waals surface area contributed by atoms with E-state index in [4.69, 9.17) is 0 Å². The maximum atomic E-state index is 12.9. The summed E-state index contributed by atoms with van der Waals surface area (Å²) in [7, 11) is 0. The first-order chi connectivity index (χ1) is 16.1. The van der Waals surface area contributed by atoms with E-state index >= 15 is 0 Å². The minimum Gasteiger partial charge on any atom is -1.00 e. The molecule has 2 amide bonds. The van der Waals surface area contributed by atoms with Gasteiger partial charge in [-0.2, -0.15) is 0 Å². The van der Waals surface area contributed by atoms with Crippen LogP contribution in [-0.4, -0.2) is 109 Å². The largest absolute Gasteiger partial charge is 1.00 e. The third-order valence-electron chi connectivity index (χ3n) is 8.31. The van der Waals surface area contributed by atoms with Gasteiger partial charge in [-0.25, -0.2) is 0 Å². The van der Waals surface area contributed by atoms with E-state index in [0.29, 0.717) is 0 Å². The lowest BCUT2D eigenvalue weighted by molar-refractivity contribution is -0.966. The number of hydrogen-bond acceptors (Lipinski definition) is 2. The Balaban J connectivity index is 0.00000171. The third kappa shape index (κ3) is 6.16. The van der Waals surface area contributed by atoms with Crippen molar-refractivity contribution in [2.45, 2.75) is 6.42 Å². The van der Waals surface area contributed by atoms with Gasteiger partial charge in [0.2, 0.25) is 0 Å². The summed E-state index contributed by atoms with van der Waals surface area (Å²) in [6.07, 6.45) is 1.24. The summed E-state index contributed by atoms with van der Waals surface area (Å²) in [6.45, 7) is 12.5. The molecule has 6 nitrogen and oxygen atoms in total. The fraction of sp³-hybridized carbons (Fsp3) is 0.481. The van der Waals surface area contributed by atoms with Crippen molar-refractivity contribution in [1.82, 2.24) is 9.80 Å². The number of quaternary nitrogens is 2. The Hall–Kier alpha value is -1.74. The van der Waals surface area contributed by atoms with Crippen LogP contribution >= 0.6 is 0 Å². The molecule has 190 valence electrons. The monoisotopic (exact) mass is 606 g/mol. The molecule has 0 N–H and O–H groups in total. The van der Waals surface area contributed by atoms with Gasteiger partial charge in [-0.15, -0.1) is 0 Å². The zero-order valence-electron chi connectivity index (χ0n) is 20.3. The summed E-state index contributed by atoms with van der Waals surface area (Å²) in [5.74, 6) is 0.344. The molecular formula is C27H36Br2N4O2. The Morgan fingerprint density at radius 3 is 1.20 bits per heavy atom. The van der Waals surface area contributed by atoms with Crippen LogP contribution in [0.5, 0.6) is 0 Å². The number of halogens is 2. The minimum atomic E-state index is 0. The van der Waals surface area contributed by atoms with Crippen LogP contribution in [0, 0.1) is 0 Å². The summed E-state index contributed by atoms with van der Waals surface area (Å²) in [5, 5.41) is 0. The SMILES string of the molecule is O=C(c1ccccc1)N1CC[N+]2(CCC[N+]3(CCN(C(=O)c4ccccc4)CC3)CC2)CC1.[Br-].[Br-]. The highest BCUT2D eigenvalue weighted by molar-refractivity contribution is 5.94. The van der Waals surface area contributed by atoms with Crippen LogP contribution in [0.3, 0.4) is 0 Å². The van der Waals surface area contributed by atoms with Gasteiger partial charge in [0.25, 0.3) is 11.8 Å². The first-order valence-corrected chi connectivity index (χ1v) is 12.5. The molecular weight excluding hydrogens is 572 g/mol. The first-order valence-electron chi connectivity index (χ1n) is 12.5. The lowest BCUT2D eigenvalue weighted by Gasteiger charge is -2.46. The molecule has 2 aromatic carbocycles. The highest BCUT2D eigenvalue weighted by Gasteiger charge is 2.43. The summed E-state index contributed by atoms with van der Waals surface area (Å²) in [5.41, 5.74) is 1.60. The van der Waals surface area contributed by atoms with Crippen LogP contribution in [0.4, 0.5) is 0 Å². The van der Waals surface area contributed by atoms with Gasteiger partial charge in [-0.1, -0.05) is 36.4 Å². The van der Waals surface area contributed by atoms with Gasteiger partial charge in [0, 0.05) is 17.5 Å². The maximum Gasteiger partial charge on any atom is 0.254 e. The number of benzene rings is 2. The van der Waals surface area contributed by atoms with E-state index in [9.17, 15) is 9.59 Å². The molecule has 0 atom stereocenters. The van der Waals surface area contributed by atoms with Crippen molar-refractivity contribution in [3.05, 3.63) is 71.8 Å². The molecule has 0 aromatic heterocycles. The maximum absolute atomic E-state index is 12.9. The van der Waals surface area contributed by atoms with Crippen molar-refractivity contribution in [3.8, 4) is 0 Å². The van der Waals surface area contributed by atoms with Gasteiger partial charge in [-0.05, 0) is 24.3 Å². The quantitative estimate of drug-likeness (QED) is 0.331.